The number of carboxylic acid groups (broad SMARTS) is 1. The summed E-state index contributed by atoms with van der Waals surface area (Å²) in [7, 11) is 2.13. The number of furan rings is 1. The molecule has 18 heavy (non-hydrogen) atoms. The number of aromatic carboxylic acids is 1. The fourth-order valence-corrected chi connectivity index (χ4v) is 2.43. The molecule has 1 unspecified atom stereocenters. The Balaban J connectivity index is 2.00. The zero-order valence-electron chi connectivity index (χ0n) is 10.9. The van der Waals surface area contributed by atoms with Crippen LogP contribution in [0.25, 0.3) is 0 Å². The first-order valence-corrected chi connectivity index (χ1v) is 6.31. The van der Waals surface area contributed by atoms with Crippen LogP contribution in [-0.2, 0) is 6.54 Å². The molecule has 1 aromatic heterocycles. The zero-order valence-corrected chi connectivity index (χ0v) is 10.9. The Kier molecular flexibility index (Phi) is 4.04. The molecule has 0 aliphatic carbocycles. The van der Waals surface area contributed by atoms with Crippen molar-refractivity contribution in [2.24, 2.45) is 0 Å². The number of likely N-dealkylation sites (N-methyl/N-ethyl adjacent to an activating group) is 1. The van der Waals surface area contributed by atoms with Crippen LogP contribution < -0.4 is 0 Å². The van der Waals surface area contributed by atoms with Gasteiger partial charge in [-0.1, -0.05) is 0 Å². The summed E-state index contributed by atoms with van der Waals surface area (Å²) in [4.78, 5) is 15.4. The Morgan fingerprint density at radius 2 is 2.28 bits per heavy atom. The van der Waals surface area contributed by atoms with Gasteiger partial charge in [0.05, 0.1) is 6.54 Å². The number of hydrogen-bond donors (Lipinski definition) is 1. The highest BCUT2D eigenvalue weighted by molar-refractivity contribution is 5.84. The van der Waals surface area contributed by atoms with Crippen molar-refractivity contribution >= 4 is 5.97 Å². The fourth-order valence-electron chi connectivity index (χ4n) is 2.43. The minimum absolute atomic E-state index is 0.0181. The van der Waals surface area contributed by atoms with Crippen molar-refractivity contribution in [1.29, 1.82) is 0 Å². The summed E-state index contributed by atoms with van der Waals surface area (Å²) < 4.78 is 5.31. The average molecular weight is 252 g/mol. The second kappa shape index (κ2) is 5.54. The van der Waals surface area contributed by atoms with E-state index in [2.05, 4.69) is 23.8 Å². The number of carbonyl (C=O) groups is 1. The zero-order chi connectivity index (χ0) is 13.1. The van der Waals surface area contributed by atoms with Crippen molar-refractivity contribution < 1.29 is 14.3 Å². The van der Waals surface area contributed by atoms with Gasteiger partial charge < -0.3 is 14.4 Å². The van der Waals surface area contributed by atoms with Crippen molar-refractivity contribution in [1.82, 2.24) is 9.80 Å². The molecule has 1 saturated heterocycles. The van der Waals surface area contributed by atoms with Crippen molar-refractivity contribution in [3.05, 3.63) is 23.7 Å². The van der Waals surface area contributed by atoms with Gasteiger partial charge in [-0.05, 0) is 39.1 Å². The van der Waals surface area contributed by atoms with Gasteiger partial charge in [-0.3, -0.25) is 4.90 Å². The van der Waals surface area contributed by atoms with E-state index >= 15 is 0 Å². The highest BCUT2D eigenvalue weighted by atomic mass is 16.4. The molecule has 1 aliphatic rings. The standard InChI is InChI=1S/C13H20N2O3/c1-10-8-14(2)6-3-7-15(10)9-11-4-5-12(18-11)13(16)17/h4-5,10H,3,6-9H2,1-2H3,(H,16,17). The quantitative estimate of drug-likeness (QED) is 0.883. The van der Waals surface area contributed by atoms with Crippen LogP contribution in [0.4, 0.5) is 0 Å². The lowest BCUT2D eigenvalue weighted by molar-refractivity contribution is 0.0657. The van der Waals surface area contributed by atoms with Crippen LogP contribution in [0.5, 0.6) is 0 Å². The lowest BCUT2D eigenvalue weighted by Crippen LogP contribution is -2.37. The fraction of sp³-hybridized carbons (Fsp3) is 0.615. The topological polar surface area (TPSA) is 56.9 Å². The molecule has 1 aliphatic heterocycles. The van der Waals surface area contributed by atoms with Crippen LogP contribution in [0, 0.1) is 0 Å². The Labute approximate surface area is 107 Å². The molecule has 0 spiro atoms. The van der Waals surface area contributed by atoms with Gasteiger partial charge in [-0.2, -0.15) is 0 Å². The van der Waals surface area contributed by atoms with Gasteiger partial charge in [0.15, 0.2) is 0 Å². The molecule has 0 bridgehead atoms. The lowest BCUT2D eigenvalue weighted by atomic mass is 10.2. The monoisotopic (exact) mass is 252 g/mol. The Hall–Kier alpha value is -1.33. The van der Waals surface area contributed by atoms with Gasteiger partial charge in [0.25, 0.3) is 0 Å². The molecule has 1 atom stereocenters. The van der Waals surface area contributed by atoms with Gasteiger partial charge in [-0.25, -0.2) is 4.79 Å². The average Bonchev–Trinajstić information content (AvgIpc) is 2.70. The van der Waals surface area contributed by atoms with Gasteiger partial charge in [0, 0.05) is 19.1 Å². The second-order valence-corrected chi connectivity index (χ2v) is 5.01. The minimum atomic E-state index is -1.01. The van der Waals surface area contributed by atoms with E-state index in [1.165, 1.54) is 6.07 Å². The molecule has 0 radical (unpaired) electrons. The first kappa shape index (κ1) is 13.1. The smallest absolute Gasteiger partial charge is 0.371 e. The first-order valence-electron chi connectivity index (χ1n) is 6.31. The van der Waals surface area contributed by atoms with Crippen molar-refractivity contribution in [3.63, 3.8) is 0 Å². The summed E-state index contributed by atoms with van der Waals surface area (Å²) in [5.41, 5.74) is 0. The molecular weight excluding hydrogens is 232 g/mol. The molecule has 0 amide bonds. The van der Waals surface area contributed by atoms with E-state index in [0.29, 0.717) is 12.6 Å². The molecule has 0 aromatic carbocycles. The molecule has 2 rings (SSSR count). The van der Waals surface area contributed by atoms with Gasteiger partial charge in [0.2, 0.25) is 5.76 Å². The predicted molar refractivity (Wildman–Crippen MR) is 67.7 cm³/mol. The third-order valence-corrected chi connectivity index (χ3v) is 3.42. The molecular formula is C13H20N2O3. The maximum Gasteiger partial charge on any atom is 0.371 e. The maximum absolute atomic E-state index is 10.8. The van der Waals surface area contributed by atoms with E-state index in [0.717, 1.165) is 31.8 Å². The normalized spacial score (nSPS) is 22.9. The Bertz CT molecular complexity index is 416. The summed E-state index contributed by atoms with van der Waals surface area (Å²) in [6.07, 6.45) is 1.13. The first-order chi connectivity index (χ1) is 8.56. The number of carboxylic acids is 1. The molecule has 1 aromatic rings. The molecule has 0 saturated carbocycles. The lowest BCUT2D eigenvalue weighted by Gasteiger charge is -2.26. The third kappa shape index (κ3) is 3.11. The van der Waals surface area contributed by atoms with Crippen molar-refractivity contribution in [3.8, 4) is 0 Å². The highest BCUT2D eigenvalue weighted by Crippen LogP contribution is 2.15. The molecule has 1 fully saturated rings. The molecule has 2 heterocycles. The maximum atomic E-state index is 10.8. The summed E-state index contributed by atoms with van der Waals surface area (Å²) >= 11 is 0. The van der Waals surface area contributed by atoms with Crippen LogP contribution in [0.3, 0.4) is 0 Å². The van der Waals surface area contributed by atoms with E-state index in [1.807, 2.05) is 0 Å². The molecule has 100 valence electrons. The highest BCUT2D eigenvalue weighted by Gasteiger charge is 2.21. The minimum Gasteiger partial charge on any atom is -0.475 e. The van der Waals surface area contributed by atoms with Crippen LogP contribution >= 0.6 is 0 Å². The van der Waals surface area contributed by atoms with Crippen LogP contribution in [0.1, 0.15) is 29.7 Å². The van der Waals surface area contributed by atoms with Crippen LogP contribution in [-0.4, -0.2) is 53.6 Å². The summed E-state index contributed by atoms with van der Waals surface area (Å²) in [6.45, 7) is 6.05. The summed E-state index contributed by atoms with van der Waals surface area (Å²) in [6, 6.07) is 3.73. The third-order valence-electron chi connectivity index (χ3n) is 3.42. The number of hydrogen-bond acceptors (Lipinski definition) is 4. The molecule has 1 N–H and O–H groups in total. The van der Waals surface area contributed by atoms with Gasteiger partial charge in [-0.15, -0.1) is 0 Å². The Morgan fingerprint density at radius 1 is 1.50 bits per heavy atom. The number of rotatable bonds is 3. The van der Waals surface area contributed by atoms with E-state index in [1.54, 1.807) is 6.07 Å². The van der Waals surface area contributed by atoms with Crippen molar-refractivity contribution in [2.45, 2.75) is 25.9 Å². The molecule has 5 heteroatoms. The van der Waals surface area contributed by atoms with E-state index in [-0.39, 0.29) is 5.76 Å². The SMILES string of the molecule is CC1CN(C)CCCN1Cc1ccc(C(=O)O)o1. The summed E-state index contributed by atoms with van der Waals surface area (Å²) in [5, 5.41) is 8.82. The van der Waals surface area contributed by atoms with Crippen LogP contribution in [0.2, 0.25) is 0 Å². The summed E-state index contributed by atoms with van der Waals surface area (Å²) in [5.74, 6) is -0.265. The van der Waals surface area contributed by atoms with E-state index in [9.17, 15) is 4.79 Å². The number of nitrogens with zero attached hydrogens (tertiary/aromatic N) is 2. The van der Waals surface area contributed by atoms with E-state index in [4.69, 9.17) is 9.52 Å². The van der Waals surface area contributed by atoms with Gasteiger partial charge >= 0.3 is 5.97 Å². The Morgan fingerprint density at radius 3 is 2.94 bits per heavy atom. The van der Waals surface area contributed by atoms with Gasteiger partial charge in [0.1, 0.15) is 5.76 Å². The second-order valence-electron chi connectivity index (χ2n) is 5.01. The van der Waals surface area contributed by atoms with Crippen LogP contribution in [0.15, 0.2) is 16.5 Å². The van der Waals surface area contributed by atoms with Crippen molar-refractivity contribution in [2.75, 3.05) is 26.7 Å². The van der Waals surface area contributed by atoms with E-state index < -0.39 is 5.97 Å². The molecule has 5 nitrogen and oxygen atoms in total. The largest absolute Gasteiger partial charge is 0.475 e. The predicted octanol–water partition coefficient (Wildman–Crippen LogP) is 1.50.